The minimum absolute atomic E-state index is 0.141. The van der Waals surface area contributed by atoms with Crippen LogP contribution in [0, 0.1) is 5.41 Å². The standard InChI is InChI=1S/C26H30P2/c1-5-27(22-15-9-6-10-16-22)25(26(2,3)4)21-28(23-17-11-7-12-18-23)24-19-13-8-14-20-24/h6-21H,5H2,1-4H3. The Bertz CT molecular complexity index is 838. The van der Waals surface area contributed by atoms with Crippen LogP contribution in [0.3, 0.4) is 0 Å². The molecule has 0 fully saturated rings. The summed E-state index contributed by atoms with van der Waals surface area (Å²) in [5, 5.41) is 5.93. The zero-order valence-electron chi connectivity index (χ0n) is 17.3. The predicted octanol–water partition coefficient (Wildman–Crippen LogP) is 6.83. The third kappa shape index (κ3) is 5.20. The smallest absolute Gasteiger partial charge is 0.0124 e. The maximum absolute atomic E-state index is 2.63. The van der Waals surface area contributed by atoms with Crippen LogP contribution in [0.15, 0.2) is 102 Å². The Morgan fingerprint density at radius 2 is 1.07 bits per heavy atom. The molecule has 0 aromatic heterocycles. The van der Waals surface area contributed by atoms with Crippen molar-refractivity contribution in [1.82, 2.24) is 0 Å². The molecule has 0 N–H and O–H groups in total. The third-order valence-corrected chi connectivity index (χ3v) is 10.1. The summed E-state index contributed by atoms with van der Waals surface area (Å²) in [6.45, 7) is 9.45. The van der Waals surface area contributed by atoms with Gasteiger partial charge in [0.25, 0.3) is 0 Å². The molecule has 1 atom stereocenters. The van der Waals surface area contributed by atoms with Crippen LogP contribution in [0.25, 0.3) is 0 Å². The van der Waals surface area contributed by atoms with Gasteiger partial charge in [-0.05, 0) is 54.5 Å². The van der Waals surface area contributed by atoms with E-state index in [1.54, 1.807) is 5.31 Å². The van der Waals surface area contributed by atoms with Crippen molar-refractivity contribution in [2.75, 3.05) is 6.16 Å². The van der Waals surface area contributed by atoms with Crippen LogP contribution in [0.1, 0.15) is 27.7 Å². The number of hydrogen-bond acceptors (Lipinski definition) is 0. The van der Waals surface area contributed by atoms with Crippen molar-refractivity contribution in [3.63, 3.8) is 0 Å². The summed E-state index contributed by atoms with van der Waals surface area (Å²) in [6.07, 6.45) is 1.18. The summed E-state index contributed by atoms with van der Waals surface area (Å²) in [6, 6.07) is 33.1. The minimum Gasteiger partial charge on any atom is -0.0622 e. The van der Waals surface area contributed by atoms with Crippen LogP contribution < -0.4 is 15.9 Å². The molecule has 0 nitrogen and oxygen atoms in total. The normalized spacial score (nSPS) is 13.5. The second kappa shape index (κ2) is 9.65. The van der Waals surface area contributed by atoms with Crippen molar-refractivity contribution >= 4 is 31.8 Å². The van der Waals surface area contributed by atoms with E-state index in [4.69, 9.17) is 0 Å². The van der Waals surface area contributed by atoms with E-state index >= 15 is 0 Å². The van der Waals surface area contributed by atoms with Crippen molar-refractivity contribution < 1.29 is 0 Å². The van der Waals surface area contributed by atoms with Gasteiger partial charge in [-0.2, -0.15) is 0 Å². The SMILES string of the molecule is CCP(C(=CP(c1ccccc1)c1ccccc1)C(C)(C)C)c1ccccc1. The molecular weight excluding hydrogens is 374 g/mol. The molecule has 0 saturated carbocycles. The Morgan fingerprint density at radius 1 is 0.679 bits per heavy atom. The average Bonchev–Trinajstić information content (AvgIpc) is 2.72. The molecule has 0 heterocycles. The van der Waals surface area contributed by atoms with Crippen LogP contribution in [-0.4, -0.2) is 6.16 Å². The van der Waals surface area contributed by atoms with E-state index in [1.165, 1.54) is 22.1 Å². The first kappa shape index (κ1) is 21.0. The molecule has 1 unspecified atom stereocenters. The summed E-state index contributed by atoms with van der Waals surface area (Å²) in [4.78, 5) is 0. The van der Waals surface area contributed by atoms with E-state index in [0.29, 0.717) is 0 Å². The van der Waals surface area contributed by atoms with E-state index in [1.807, 2.05) is 0 Å². The van der Waals surface area contributed by atoms with Crippen molar-refractivity contribution in [3.8, 4) is 0 Å². The molecule has 144 valence electrons. The molecule has 0 amide bonds. The average molecular weight is 404 g/mol. The van der Waals surface area contributed by atoms with Crippen molar-refractivity contribution in [2.45, 2.75) is 27.7 Å². The van der Waals surface area contributed by atoms with Crippen LogP contribution in [0.5, 0.6) is 0 Å². The Morgan fingerprint density at radius 3 is 1.43 bits per heavy atom. The fraction of sp³-hybridized carbons (Fsp3) is 0.231. The summed E-state index contributed by atoms with van der Waals surface area (Å²) in [5.74, 6) is 2.63. The van der Waals surface area contributed by atoms with E-state index in [0.717, 1.165) is 0 Å². The van der Waals surface area contributed by atoms with Crippen molar-refractivity contribution in [3.05, 3.63) is 102 Å². The zero-order chi connectivity index (χ0) is 20.0. The van der Waals surface area contributed by atoms with Gasteiger partial charge >= 0.3 is 0 Å². The van der Waals surface area contributed by atoms with Crippen LogP contribution >= 0.6 is 15.8 Å². The second-order valence-electron chi connectivity index (χ2n) is 7.89. The highest BCUT2D eigenvalue weighted by Crippen LogP contribution is 2.55. The first-order chi connectivity index (χ1) is 13.5. The van der Waals surface area contributed by atoms with Gasteiger partial charge in [-0.15, -0.1) is 0 Å². The highest BCUT2D eigenvalue weighted by molar-refractivity contribution is 7.77. The largest absolute Gasteiger partial charge is 0.0622 e. The lowest BCUT2D eigenvalue weighted by Crippen LogP contribution is -2.17. The summed E-state index contributed by atoms with van der Waals surface area (Å²) in [7, 11) is -0.870. The van der Waals surface area contributed by atoms with Gasteiger partial charge in [-0.1, -0.05) is 119 Å². The highest BCUT2D eigenvalue weighted by Gasteiger charge is 2.27. The molecule has 3 aromatic rings. The molecule has 0 radical (unpaired) electrons. The zero-order valence-corrected chi connectivity index (χ0v) is 19.1. The van der Waals surface area contributed by atoms with Crippen LogP contribution in [-0.2, 0) is 0 Å². The van der Waals surface area contributed by atoms with Gasteiger partial charge in [0.2, 0.25) is 0 Å². The molecule has 0 bridgehead atoms. The quantitative estimate of drug-likeness (QED) is 0.395. The lowest BCUT2D eigenvalue weighted by molar-refractivity contribution is 0.532. The van der Waals surface area contributed by atoms with Gasteiger partial charge in [0.05, 0.1) is 0 Å². The third-order valence-electron chi connectivity index (χ3n) is 4.76. The van der Waals surface area contributed by atoms with E-state index in [-0.39, 0.29) is 13.3 Å². The minimum atomic E-state index is -0.529. The molecule has 0 spiro atoms. The van der Waals surface area contributed by atoms with Gasteiger partial charge < -0.3 is 0 Å². The molecule has 28 heavy (non-hydrogen) atoms. The monoisotopic (exact) mass is 404 g/mol. The predicted molar refractivity (Wildman–Crippen MR) is 130 cm³/mol. The van der Waals surface area contributed by atoms with Crippen molar-refractivity contribution in [1.29, 1.82) is 0 Å². The van der Waals surface area contributed by atoms with Gasteiger partial charge in [0.1, 0.15) is 0 Å². The number of benzene rings is 3. The maximum atomic E-state index is 2.63. The second-order valence-corrected chi connectivity index (χ2v) is 12.4. The highest BCUT2D eigenvalue weighted by atomic mass is 31.1. The summed E-state index contributed by atoms with van der Waals surface area (Å²) in [5.41, 5.74) is 0.141. The maximum Gasteiger partial charge on any atom is -0.0124 e. The molecule has 0 aliphatic carbocycles. The molecule has 3 aromatic carbocycles. The lowest BCUT2D eigenvalue weighted by Gasteiger charge is -2.32. The van der Waals surface area contributed by atoms with Crippen LogP contribution in [0.4, 0.5) is 0 Å². The fourth-order valence-electron chi connectivity index (χ4n) is 3.37. The van der Waals surface area contributed by atoms with E-state index in [2.05, 4.69) is 125 Å². The molecule has 0 aliphatic heterocycles. The number of hydrogen-bond donors (Lipinski definition) is 0. The van der Waals surface area contributed by atoms with Gasteiger partial charge in [-0.25, -0.2) is 0 Å². The topological polar surface area (TPSA) is 0 Å². The molecular formula is C26H30P2. The number of allylic oxidation sites excluding steroid dienone is 1. The first-order valence-corrected chi connectivity index (χ1v) is 12.9. The summed E-state index contributed by atoms with van der Waals surface area (Å²) >= 11 is 0. The Kier molecular flexibility index (Phi) is 7.23. The van der Waals surface area contributed by atoms with Crippen LogP contribution in [0.2, 0.25) is 0 Å². The van der Waals surface area contributed by atoms with Crippen molar-refractivity contribution in [2.24, 2.45) is 5.41 Å². The molecule has 0 saturated heterocycles. The first-order valence-electron chi connectivity index (χ1n) is 9.95. The van der Waals surface area contributed by atoms with Gasteiger partial charge in [0.15, 0.2) is 0 Å². The Labute approximate surface area is 173 Å². The van der Waals surface area contributed by atoms with Gasteiger partial charge in [-0.3, -0.25) is 0 Å². The fourth-order valence-corrected chi connectivity index (χ4v) is 8.81. The lowest BCUT2D eigenvalue weighted by atomic mass is 9.97. The van der Waals surface area contributed by atoms with Gasteiger partial charge in [0, 0.05) is 0 Å². The molecule has 2 heteroatoms. The Hall–Kier alpha value is -1.74. The molecule has 0 aliphatic rings. The van der Waals surface area contributed by atoms with E-state index < -0.39 is 7.92 Å². The summed E-state index contributed by atoms with van der Waals surface area (Å²) < 4.78 is 0. The van der Waals surface area contributed by atoms with E-state index in [9.17, 15) is 0 Å². The Balaban J connectivity index is 2.15. The molecule has 3 rings (SSSR count). The number of rotatable bonds is 6.